The Kier molecular flexibility index (Phi) is 5.01. The number of nitrogens with zero attached hydrogens (tertiary/aromatic N) is 1. The summed E-state index contributed by atoms with van der Waals surface area (Å²) >= 11 is 0. The van der Waals surface area contributed by atoms with E-state index in [-0.39, 0.29) is 11.5 Å². The minimum atomic E-state index is -1.00. The van der Waals surface area contributed by atoms with Gasteiger partial charge in [-0.2, -0.15) is 0 Å². The second-order valence-electron chi connectivity index (χ2n) is 5.46. The van der Waals surface area contributed by atoms with Gasteiger partial charge in [0.25, 0.3) is 5.91 Å². The van der Waals surface area contributed by atoms with Crippen LogP contribution >= 0.6 is 0 Å². The zero-order valence-corrected chi connectivity index (χ0v) is 13.4. The molecule has 2 aromatic rings. The van der Waals surface area contributed by atoms with Gasteiger partial charge in [0.05, 0.1) is 5.56 Å². The molecule has 0 aliphatic carbocycles. The Morgan fingerprint density at radius 2 is 1.70 bits per heavy atom. The van der Waals surface area contributed by atoms with Gasteiger partial charge in [-0.3, -0.25) is 4.79 Å². The molecule has 2 rings (SSSR count). The number of esters is 1. The molecule has 0 aromatic heterocycles. The van der Waals surface area contributed by atoms with Crippen LogP contribution in [0.2, 0.25) is 0 Å². The summed E-state index contributed by atoms with van der Waals surface area (Å²) in [7, 11) is 3.24. The molecule has 23 heavy (non-hydrogen) atoms. The van der Waals surface area contributed by atoms with Crippen LogP contribution in [0.25, 0.3) is 0 Å². The lowest BCUT2D eigenvalue weighted by Gasteiger charge is -2.21. The Hall–Kier alpha value is -2.82. The number of hydrogen-bond donors (Lipinski definition) is 1. The highest BCUT2D eigenvalue weighted by atomic mass is 16.5. The molecule has 120 valence electrons. The molecule has 0 radical (unpaired) electrons. The van der Waals surface area contributed by atoms with E-state index < -0.39 is 12.1 Å². The van der Waals surface area contributed by atoms with Gasteiger partial charge in [0.1, 0.15) is 0 Å². The van der Waals surface area contributed by atoms with Crippen molar-refractivity contribution in [1.29, 1.82) is 0 Å². The maximum atomic E-state index is 12.5. The zero-order valence-electron chi connectivity index (χ0n) is 13.4. The van der Waals surface area contributed by atoms with Crippen molar-refractivity contribution < 1.29 is 14.3 Å². The lowest BCUT2D eigenvalue weighted by atomic mass is 10.1. The van der Waals surface area contributed by atoms with E-state index >= 15 is 0 Å². The molecule has 2 N–H and O–H groups in total. The van der Waals surface area contributed by atoms with Crippen molar-refractivity contribution in [3.05, 3.63) is 65.2 Å². The van der Waals surface area contributed by atoms with Crippen molar-refractivity contribution in [2.45, 2.75) is 13.0 Å². The minimum absolute atomic E-state index is 0.262. The molecule has 0 aliphatic rings. The Morgan fingerprint density at radius 1 is 1.04 bits per heavy atom. The van der Waals surface area contributed by atoms with E-state index in [1.807, 2.05) is 19.1 Å². The van der Waals surface area contributed by atoms with E-state index in [0.29, 0.717) is 11.3 Å². The van der Waals surface area contributed by atoms with Gasteiger partial charge in [-0.25, -0.2) is 4.79 Å². The van der Waals surface area contributed by atoms with Crippen LogP contribution in [-0.2, 0) is 9.53 Å². The first-order valence-electron chi connectivity index (χ1n) is 7.24. The van der Waals surface area contributed by atoms with Crippen molar-refractivity contribution in [2.24, 2.45) is 0 Å². The van der Waals surface area contributed by atoms with E-state index in [0.717, 1.165) is 5.56 Å². The number of nitrogen functional groups attached to an aromatic ring is 1. The summed E-state index contributed by atoms with van der Waals surface area (Å²) < 4.78 is 5.47. The van der Waals surface area contributed by atoms with Crippen LogP contribution in [0.15, 0.2) is 48.5 Å². The average molecular weight is 312 g/mol. The van der Waals surface area contributed by atoms with Gasteiger partial charge < -0.3 is 15.4 Å². The molecule has 0 spiro atoms. The molecule has 0 saturated carbocycles. The normalized spacial score (nSPS) is 11.6. The van der Waals surface area contributed by atoms with Crippen LogP contribution in [-0.4, -0.2) is 30.9 Å². The summed E-state index contributed by atoms with van der Waals surface area (Å²) in [5.74, 6) is -0.925. The number of rotatable bonds is 4. The van der Waals surface area contributed by atoms with E-state index in [2.05, 4.69) is 0 Å². The molecular weight excluding hydrogens is 292 g/mol. The molecule has 0 aliphatic heterocycles. The molecule has 1 amide bonds. The molecule has 0 bridgehead atoms. The predicted octanol–water partition coefficient (Wildman–Crippen LogP) is 2.56. The van der Waals surface area contributed by atoms with Crippen molar-refractivity contribution >= 4 is 17.6 Å². The van der Waals surface area contributed by atoms with Crippen LogP contribution in [0.4, 0.5) is 5.69 Å². The molecule has 5 heteroatoms. The van der Waals surface area contributed by atoms with E-state index in [4.69, 9.17) is 10.5 Å². The Morgan fingerprint density at radius 3 is 2.30 bits per heavy atom. The second kappa shape index (κ2) is 6.96. The predicted molar refractivity (Wildman–Crippen MR) is 88.9 cm³/mol. The van der Waals surface area contributed by atoms with E-state index in [9.17, 15) is 9.59 Å². The number of para-hydroxylation sites is 1. The topological polar surface area (TPSA) is 72.6 Å². The number of carbonyl (C=O) groups excluding carboxylic acids is 2. The number of ether oxygens (including phenoxy) is 1. The van der Waals surface area contributed by atoms with Gasteiger partial charge in [0, 0.05) is 25.3 Å². The number of likely N-dealkylation sites (N-methyl/N-ethyl adjacent to an activating group) is 1. The van der Waals surface area contributed by atoms with Gasteiger partial charge in [-0.05, 0) is 18.6 Å². The number of anilines is 1. The standard InChI is InChI=1S/C18H20N2O3/c1-12-8-7-11-14(15(12)19)18(22)23-16(17(21)20(2)3)13-9-5-4-6-10-13/h4-11,16H,19H2,1-3H3. The fraction of sp³-hybridized carbons (Fsp3) is 0.222. The van der Waals surface area contributed by atoms with Gasteiger partial charge in [0.2, 0.25) is 6.10 Å². The van der Waals surface area contributed by atoms with Crippen molar-refractivity contribution in [1.82, 2.24) is 4.90 Å². The van der Waals surface area contributed by atoms with Crippen LogP contribution in [0.5, 0.6) is 0 Å². The lowest BCUT2D eigenvalue weighted by molar-refractivity contribution is -0.138. The van der Waals surface area contributed by atoms with Crippen LogP contribution < -0.4 is 5.73 Å². The lowest BCUT2D eigenvalue weighted by Crippen LogP contribution is -2.31. The van der Waals surface area contributed by atoms with Crippen molar-refractivity contribution in [3.63, 3.8) is 0 Å². The maximum Gasteiger partial charge on any atom is 0.341 e. The second-order valence-corrected chi connectivity index (χ2v) is 5.46. The molecule has 2 aromatic carbocycles. The van der Waals surface area contributed by atoms with Crippen LogP contribution in [0.1, 0.15) is 27.6 Å². The molecule has 0 saturated heterocycles. The summed E-state index contributed by atoms with van der Waals surface area (Å²) in [5, 5.41) is 0. The van der Waals surface area contributed by atoms with Gasteiger partial charge in [-0.1, -0.05) is 42.5 Å². The Labute approximate surface area is 135 Å². The van der Waals surface area contributed by atoms with Crippen LogP contribution in [0.3, 0.4) is 0 Å². The quantitative estimate of drug-likeness (QED) is 0.695. The first-order valence-corrected chi connectivity index (χ1v) is 7.24. The first kappa shape index (κ1) is 16.5. The Bertz CT molecular complexity index is 711. The number of aryl methyl sites for hydroxylation is 1. The number of hydrogen-bond acceptors (Lipinski definition) is 4. The summed E-state index contributed by atoms with van der Waals surface area (Å²) in [5.41, 5.74) is 7.96. The average Bonchev–Trinajstić information content (AvgIpc) is 2.55. The maximum absolute atomic E-state index is 12.5. The summed E-state index contributed by atoms with van der Waals surface area (Å²) in [6.07, 6.45) is -1.00. The molecule has 1 unspecified atom stereocenters. The third-order valence-electron chi connectivity index (χ3n) is 3.54. The highest BCUT2D eigenvalue weighted by Crippen LogP contribution is 2.24. The minimum Gasteiger partial charge on any atom is -0.444 e. The number of carbonyl (C=O) groups is 2. The smallest absolute Gasteiger partial charge is 0.341 e. The highest BCUT2D eigenvalue weighted by Gasteiger charge is 2.27. The Balaban J connectivity index is 2.33. The van der Waals surface area contributed by atoms with Gasteiger partial charge >= 0.3 is 5.97 Å². The number of benzene rings is 2. The van der Waals surface area contributed by atoms with Crippen molar-refractivity contribution in [3.8, 4) is 0 Å². The number of nitrogens with two attached hydrogens (primary N) is 1. The fourth-order valence-corrected chi connectivity index (χ4v) is 2.15. The zero-order chi connectivity index (χ0) is 17.0. The van der Waals surface area contributed by atoms with Crippen LogP contribution in [0, 0.1) is 6.92 Å². The molecule has 5 nitrogen and oxygen atoms in total. The number of amides is 1. The molecule has 0 fully saturated rings. The first-order chi connectivity index (χ1) is 10.9. The SMILES string of the molecule is Cc1cccc(C(=O)OC(C(=O)N(C)C)c2ccccc2)c1N. The summed E-state index contributed by atoms with van der Waals surface area (Å²) in [6, 6.07) is 14.0. The van der Waals surface area contributed by atoms with E-state index in [1.165, 1.54) is 4.90 Å². The molecular formula is C18H20N2O3. The highest BCUT2D eigenvalue weighted by molar-refractivity contribution is 5.97. The summed E-state index contributed by atoms with van der Waals surface area (Å²) in [4.78, 5) is 26.2. The van der Waals surface area contributed by atoms with Gasteiger partial charge in [0.15, 0.2) is 0 Å². The summed E-state index contributed by atoms with van der Waals surface area (Å²) in [6.45, 7) is 1.81. The largest absolute Gasteiger partial charge is 0.444 e. The van der Waals surface area contributed by atoms with E-state index in [1.54, 1.807) is 50.5 Å². The third kappa shape index (κ3) is 3.69. The van der Waals surface area contributed by atoms with Gasteiger partial charge in [-0.15, -0.1) is 0 Å². The van der Waals surface area contributed by atoms with Crippen molar-refractivity contribution in [2.75, 3.05) is 19.8 Å². The molecule has 1 atom stereocenters. The third-order valence-corrected chi connectivity index (χ3v) is 3.54. The fourth-order valence-electron chi connectivity index (χ4n) is 2.15. The monoisotopic (exact) mass is 312 g/mol. The molecule has 0 heterocycles.